The number of nitrogens with zero attached hydrogens (tertiary/aromatic N) is 4. The smallest absolute Gasteiger partial charge is 0.291 e. The summed E-state index contributed by atoms with van der Waals surface area (Å²) < 4.78 is 1.64. The lowest BCUT2D eigenvalue weighted by Crippen LogP contribution is -2.32. The van der Waals surface area contributed by atoms with Gasteiger partial charge >= 0.3 is 0 Å². The summed E-state index contributed by atoms with van der Waals surface area (Å²) in [6.45, 7) is 2.39. The Morgan fingerprint density at radius 3 is 2.41 bits per heavy atom. The number of hydrogen-bond donors (Lipinski definition) is 0. The number of anilines is 1. The van der Waals surface area contributed by atoms with Crippen LogP contribution in [0.25, 0.3) is 21.9 Å². The molecule has 5 aromatic rings. The maximum atomic E-state index is 13.6. The van der Waals surface area contributed by atoms with E-state index in [2.05, 4.69) is 10.1 Å². The molecule has 0 unspecified atom stereocenters. The summed E-state index contributed by atoms with van der Waals surface area (Å²) in [5.74, 6) is 0.277. The second-order valence-electron chi connectivity index (χ2n) is 8.14. The van der Waals surface area contributed by atoms with Gasteiger partial charge in [0.2, 0.25) is 4.96 Å². The molecular formula is C26H17ClN4O2S. The molecule has 0 radical (unpaired) electrons. The number of fused-ring (bicyclic) bond motifs is 2. The number of para-hydroxylation sites is 1. The van der Waals surface area contributed by atoms with Crippen LogP contribution in [0, 0.1) is 6.92 Å². The van der Waals surface area contributed by atoms with E-state index in [1.54, 1.807) is 17.0 Å². The molecule has 3 aromatic carbocycles. The zero-order valence-corrected chi connectivity index (χ0v) is 19.6. The van der Waals surface area contributed by atoms with Gasteiger partial charge in [-0.1, -0.05) is 83.1 Å². The fourth-order valence-corrected chi connectivity index (χ4v) is 5.26. The van der Waals surface area contributed by atoms with Gasteiger partial charge in [-0.2, -0.15) is 9.50 Å². The summed E-state index contributed by atoms with van der Waals surface area (Å²) in [7, 11) is 0. The van der Waals surface area contributed by atoms with Gasteiger partial charge in [-0.05, 0) is 30.7 Å². The van der Waals surface area contributed by atoms with Crippen LogP contribution in [0.3, 0.4) is 0 Å². The van der Waals surface area contributed by atoms with Crippen LogP contribution in [0.2, 0.25) is 5.02 Å². The summed E-state index contributed by atoms with van der Waals surface area (Å²) in [6.07, 6.45) is 0. The van der Waals surface area contributed by atoms with E-state index in [4.69, 9.17) is 11.6 Å². The van der Waals surface area contributed by atoms with Crippen LogP contribution in [-0.2, 0) is 11.3 Å². The molecule has 6 nitrogen and oxygen atoms in total. The Balaban J connectivity index is 1.48. The number of thiazole rings is 1. The molecule has 0 saturated carbocycles. The van der Waals surface area contributed by atoms with Crippen molar-refractivity contribution < 1.29 is 4.79 Å². The van der Waals surface area contributed by atoms with E-state index in [9.17, 15) is 9.59 Å². The third-order valence-electron chi connectivity index (χ3n) is 5.87. The Kier molecular flexibility index (Phi) is 4.83. The Morgan fingerprint density at radius 2 is 1.68 bits per heavy atom. The highest BCUT2D eigenvalue weighted by Crippen LogP contribution is 2.36. The Morgan fingerprint density at radius 1 is 0.941 bits per heavy atom. The van der Waals surface area contributed by atoms with E-state index in [-0.39, 0.29) is 11.5 Å². The first-order valence-corrected chi connectivity index (χ1v) is 11.9. The minimum Gasteiger partial charge on any atom is -0.303 e. The number of halogens is 1. The lowest BCUT2D eigenvalue weighted by molar-refractivity contribution is -0.113. The molecule has 1 aliphatic heterocycles. The van der Waals surface area contributed by atoms with Gasteiger partial charge < -0.3 is 4.90 Å². The monoisotopic (exact) mass is 484 g/mol. The first kappa shape index (κ1) is 20.8. The van der Waals surface area contributed by atoms with Gasteiger partial charge in [-0.25, -0.2) is 0 Å². The molecule has 0 aliphatic carbocycles. The number of carbonyl (C=O) groups excluding carboxylic acids is 1. The molecule has 1 aliphatic rings. The van der Waals surface area contributed by atoms with Crippen molar-refractivity contribution in [3.8, 4) is 11.4 Å². The Hall–Kier alpha value is -3.81. The molecule has 0 bridgehead atoms. The van der Waals surface area contributed by atoms with E-state index >= 15 is 0 Å². The topological polar surface area (TPSA) is 67.6 Å². The summed E-state index contributed by atoms with van der Waals surface area (Å²) in [6, 6.07) is 22.7. The minimum absolute atomic E-state index is 0.212. The van der Waals surface area contributed by atoms with E-state index < -0.39 is 0 Å². The summed E-state index contributed by atoms with van der Waals surface area (Å²) in [5.41, 5.74) is 4.49. The summed E-state index contributed by atoms with van der Waals surface area (Å²) in [5, 5.41) is 5.07. The molecule has 1 amide bonds. The van der Waals surface area contributed by atoms with Crippen molar-refractivity contribution in [1.29, 1.82) is 0 Å². The molecular weight excluding hydrogens is 468 g/mol. The number of hydrogen-bond acceptors (Lipinski definition) is 5. The number of rotatable bonds is 3. The number of aryl methyl sites for hydroxylation is 1. The molecule has 6 rings (SSSR count). The van der Waals surface area contributed by atoms with Crippen LogP contribution in [0.15, 0.2) is 77.6 Å². The average molecular weight is 485 g/mol. The minimum atomic E-state index is -0.336. The maximum Gasteiger partial charge on any atom is 0.291 e. The maximum absolute atomic E-state index is 13.6. The predicted molar refractivity (Wildman–Crippen MR) is 134 cm³/mol. The average Bonchev–Trinajstić information content (AvgIpc) is 3.47. The van der Waals surface area contributed by atoms with Crippen molar-refractivity contribution in [2.75, 3.05) is 4.90 Å². The highest BCUT2D eigenvalue weighted by Gasteiger charge is 2.34. The Labute approximate surface area is 203 Å². The van der Waals surface area contributed by atoms with Crippen LogP contribution in [-0.4, -0.2) is 20.5 Å². The van der Waals surface area contributed by atoms with E-state index in [1.165, 1.54) is 15.9 Å². The fourth-order valence-electron chi connectivity index (χ4n) is 4.14. The fraction of sp³-hybridized carbons (Fsp3) is 0.0769. The van der Waals surface area contributed by atoms with Crippen molar-refractivity contribution >= 4 is 45.1 Å². The second-order valence-corrected chi connectivity index (χ2v) is 9.56. The van der Waals surface area contributed by atoms with Crippen molar-refractivity contribution in [1.82, 2.24) is 14.6 Å². The Bertz CT molecular complexity index is 1690. The third kappa shape index (κ3) is 3.32. The molecule has 34 heavy (non-hydrogen) atoms. The van der Waals surface area contributed by atoms with Crippen LogP contribution >= 0.6 is 22.9 Å². The highest BCUT2D eigenvalue weighted by atomic mass is 35.5. The van der Waals surface area contributed by atoms with Gasteiger partial charge in [0.05, 0.1) is 17.8 Å². The number of carbonyl (C=O) groups is 1. The molecule has 0 fully saturated rings. The van der Waals surface area contributed by atoms with Crippen molar-refractivity contribution in [3.05, 3.63) is 109 Å². The third-order valence-corrected chi connectivity index (χ3v) is 7.15. The van der Waals surface area contributed by atoms with E-state index in [0.717, 1.165) is 27.9 Å². The first-order chi connectivity index (χ1) is 16.5. The van der Waals surface area contributed by atoms with Crippen molar-refractivity contribution in [2.45, 2.75) is 13.5 Å². The first-order valence-electron chi connectivity index (χ1n) is 10.7. The summed E-state index contributed by atoms with van der Waals surface area (Å²) >= 11 is 7.20. The highest BCUT2D eigenvalue weighted by molar-refractivity contribution is 7.15. The van der Waals surface area contributed by atoms with Gasteiger partial charge in [0.15, 0.2) is 5.82 Å². The molecule has 3 heterocycles. The number of amides is 1. The molecule has 0 saturated heterocycles. The van der Waals surface area contributed by atoms with Crippen LogP contribution in [0.4, 0.5) is 5.69 Å². The molecule has 8 heteroatoms. The second kappa shape index (κ2) is 7.90. The van der Waals surface area contributed by atoms with Gasteiger partial charge in [0.1, 0.15) is 4.53 Å². The number of benzene rings is 3. The lowest BCUT2D eigenvalue weighted by atomic mass is 10.1. The van der Waals surface area contributed by atoms with Crippen LogP contribution in [0.1, 0.15) is 16.7 Å². The van der Waals surface area contributed by atoms with Crippen molar-refractivity contribution in [3.63, 3.8) is 0 Å². The quantitative estimate of drug-likeness (QED) is 0.384. The molecule has 0 spiro atoms. The number of aromatic nitrogens is 3. The van der Waals surface area contributed by atoms with Crippen LogP contribution < -0.4 is 15.0 Å². The standard InChI is InChI=1S/C26H17ClN4O2S/c1-15-6-10-17(11-7-15)23-28-26-31(29-23)25(33)22(34-26)21-19-4-2-3-5-20(19)30(24(21)32)14-16-8-12-18(27)13-9-16/h2-13H,14H2,1H3. The SMILES string of the molecule is Cc1ccc(-c2nc3sc(=C4C(=O)N(Cc5ccc(Cl)cc5)c5ccccc54)c(=O)n3n2)cc1. The van der Waals surface area contributed by atoms with Crippen LogP contribution in [0.5, 0.6) is 0 Å². The molecule has 0 N–H and O–H groups in total. The van der Waals surface area contributed by atoms with Gasteiger partial charge in [-0.3, -0.25) is 9.59 Å². The van der Waals surface area contributed by atoms with Gasteiger partial charge in [0.25, 0.3) is 11.5 Å². The van der Waals surface area contributed by atoms with Crippen molar-refractivity contribution in [2.24, 2.45) is 0 Å². The largest absolute Gasteiger partial charge is 0.303 e. The predicted octanol–water partition coefficient (Wildman–Crippen LogP) is 4.24. The normalized spacial score (nSPS) is 14.8. The van der Waals surface area contributed by atoms with E-state index in [1.807, 2.05) is 67.6 Å². The lowest BCUT2D eigenvalue weighted by Gasteiger charge is -2.17. The zero-order valence-electron chi connectivity index (χ0n) is 18.0. The van der Waals surface area contributed by atoms with E-state index in [0.29, 0.717) is 32.5 Å². The van der Waals surface area contributed by atoms with Gasteiger partial charge in [0, 0.05) is 16.1 Å². The molecule has 166 valence electrons. The molecule has 2 aromatic heterocycles. The van der Waals surface area contributed by atoms with Gasteiger partial charge in [-0.15, -0.1) is 5.10 Å². The summed E-state index contributed by atoms with van der Waals surface area (Å²) in [4.78, 5) is 33.6. The zero-order chi connectivity index (χ0) is 23.4. The molecule has 0 atom stereocenters.